The van der Waals surface area contributed by atoms with E-state index in [2.05, 4.69) is 13.8 Å². The van der Waals surface area contributed by atoms with E-state index >= 15 is 0 Å². The SMILES string of the molecule is CCC(N)(CC(O)CCC(C)C)C(=O)O. The molecule has 0 bridgehead atoms. The lowest BCUT2D eigenvalue weighted by Crippen LogP contribution is -2.49. The normalized spacial score (nSPS) is 17.5. The molecule has 4 nitrogen and oxygen atoms in total. The van der Waals surface area contributed by atoms with Crippen LogP contribution in [0, 0.1) is 5.92 Å². The summed E-state index contributed by atoms with van der Waals surface area (Å²) in [5.74, 6) is -0.521. The number of carbonyl (C=O) groups is 1. The summed E-state index contributed by atoms with van der Waals surface area (Å²) in [7, 11) is 0. The topological polar surface area (TPSA) is 83.5 Å². The average Bonchev–Trinajstić information content (AvgIpc) is 2.14. The van der Waals surface area contributed by atoms with Gasteiger partial charge in [-0.15, -0.1) is 0 Å². The Balaban J connectivity index is 4.13. The van der Waals surface area contributed by atoms with Crippen LogP contribution in [0.2, 0.25) is 0 Å². The van der Waals surface area contributed by atoms with Gasteiger partial charge in [0.15, 0.2) is 0 Å². The van der Waals surface area contributed by atoms with Gasteiger partial charge in [0, 0.05) is 6.42 Å². The number of aliphatic hydroxyl groups excluding tert-OH is 1. The molecule has 0 rings (SSSR count). The second kappa shape index (κ2) is 6.08. The molecule has 15 heavy (non-hydrogen) atoms. The Morgan fingerprint density at radius 2 is 1.93 bits per heavy atom. The fourth-order valence-electron chi connectivity index (χ4n) is 1.43. The highest BCUT2D eigenvalue weighted by Gasteiger charge is 2.34. The molecular weight excluding hydrogens is 194 g/mol. The van der Waals surface area contributed by atoms with Crippen molar-refractivity contribution in [3.05, 3.63) is 0 Å². The maximum atomic E-state index is 10.9. The predicted molar refractivity (Wildman–Crippen MR) is 59.5 cm³/mol. The zero-order chi connectivity index (χ0) is 12.1. The van der Waals surface area contributed by atoms with Crippen molar-refractivity contribution in [1.82, 2.24) is 0 Å². The van der Waals surface area contributed by atoms with Gasteiger partial charge in [-0.2, -0.15) is 0 Å². The Hall–Kier alpha value is -0.610. The van der Waals surface area contributed by atoms with Gasteiger partial charge in [0.1, 0.15) is 5.54 Å². The third-order valence-electron chi connectivity index (χ3n) is 2.73. The van der Waals surface area contributed by atoms with E-state index in [4.69, 9.17) is 10.8 Å². The number of aliphatic carboxylic acids is 1. The van der Waals surface area contributed by atoms with E-state index in [9.17, 15) is 9.90 Å². The van der Waals surface area contributed by atoms with E-state index in [-0.39, 0.29) is 6.42 Å². The van der Waals surface area contributed by atoms with Crippen molar-refractivity contribution in [1.29, 1.82) is 0 Å². The highest BCUT2D eigenvalue weighted by Crippen LogP contribution is 2.18. The van der Waals surface area contributed by atoms with Crippen LogP contribution in [0.1, 0.15) is 46.5 Å². The van der Waals surface area contributed by atoms with Crippen molar-refractivity contribution >= 4 is 5.97 Å². The molecule has 0 aromatic rings. The van der Waals surface area contributed by atoms with Crippen molar-refractivity contribution in [2.45, 2.75) is 58.1 Å². The van der Waals surface area contributed by atoms with Crippen molar-refractivity contribution in [3.63, 3.8) is 0 Å². The van der Waals surface area contributed by atoms with Crippen molar-refractivity contribution in [2.24, 2.45) is 11.7 Å². The van der Waals surface area contributed by atoms with E-state index in [1.807, 2.05) is 0 Å². The Kier molecular flexibility index (Phi) is 5.83. The minimum atomic E-state index is -1.28. The van der Waals surface area contributed by atoms with Crippen LogP contribution in [-0.4, -0.2) is 27.8 Å². The quantitative estimate of drug-likeness (QED) is 0.601. The lowest BCUT2D eigenvalue weighted by Gasteiger charge is -2.26. The molecule has 0 spiro atoms. The number of carboxylic acids is 1. The average molecular weight is 217 g/mol. The number of aliphatic hydroxyl groups is 1. The van der Waals surface area contributed by atoms with E-state index < -0.39 is 17.6 Å². The molecule has 90 valence electrons. The summed E-state index contributed by atoms with van der Waals surface area (Å²) >= 11 is 0. The van der Waals surface area contributed by atoms with Crippen LogP contribution in [0.5, 0.6) is 0 Å². The summed E-state index contributed by atoms with van der Waals surface area (Å²) in [5.41, 5.74) is 4.41. The molecule has 0 aromatic carbocycles. The Bertz CT molecular complexity index is 206. The van der Waals surface area contributed by atoms with Gasteiger partial charge in [-0.05, 0) is 25.2 Å². The highest BCUT2D eigenvalue weighted by atomic mass is 16.4. The molecular formula is C11H23NO3. The second-order valence-corrected chi connectivity index (χ2v) is 4.64. The van der Waals surface area contributed by atoms with Crippen LogP contribution in [0.3, 0.4) is 0 Å². The smallest absolute Gasteiger partial charge is 0.323 e. The van der Waals surface area contributed by atoms with E-state index in [1.54, 1.807) is 6.92 Å². The number of hydrogen-bond donors (Lipinski definition) is 3. The molecule has 0 aliphatic rings. The van der Waals surface area contributed by atoms with Crippen LogP contribution in [-0.2, 0) is 4.79 Å². The van der Waals surface area contributed by atoms with Gasteiger partial charge in [-0.25, -0.2) is 0 Å². The predicted octanol–water partition coefficient (Wildman–Crippen LogP) is 1.37. The molecule has 0 saturated heterocycles. The Labute approximate surface area is 91.5 Å². The second-order valence-electron chi connectivity index (χ2n) is 4.64. The summed E-state index contributed by atoms with van der Waals surface area (Å²) < 4.78 is 0. The van der Waals surface area contributed by atoms with Crippen LogP contribution in [0.25, 0.3) is 0 Å². The van der Waals surface area contributed by atoms with Crippen molar-refractivity contribution in [3.8, 4) is 0 Å². The van der Waals surface area contributed by atoms with E-state index in [0.717, 1.165) is 6.42 Å². The lowest BCUT2D eigenvalue weighted by atomic mass is 9.88. The first-order valence-electron chi connectivity index (χ1n) is 5.52. The largest absolute Gasteiger partial charge is 0.480 e. The van der Waals surface area contributed by atoms with Gasteiger partial charge < -0.3 is 15.9 Å². The van der Waals surface area contributed by atoms with Crippen molar-refractivity contribution in [2.75, 3.05) is 0 Å². The summed E-state index contributed by atoms with van der Waals surface area (Å²) in [6.07, 6.45) is 1.35. The first-order valence-corrected chi connectivity index (χ1v) is 5.52. The van der Waals surface area contributed by atoms with Crippen LogP contribution in [0.4, 0.5) is 0 Å². The molecule has 0 saturated carbocycles. The molecule has 0 fully saturated rings. The molecule has 4 heteroatoms. The number of nitrogens with two attached hydrogens (primary N) is 1. The fourth-order valence-corrected chi connectivity index (χ4v) is 1.43. The molecule has 0 aliphatic carbocycles. The molecule has 0 aromatic heterocycles. The fraction of sp³-hybridized carbons (Fsp3) is 0.909. The molecule has 0 heterocycles. The maximum Gasteiger partial charge on any atom is 0.323 e. The number of hydrogen-bond acceptors (Lipinski definition) is 3. The molecule has 4 N–H and O–H groups in total. The summed E-state index contributed by atoms with van der Waals surface area (Å²) in [4.78, 5) is 10.9. The minimum absolute atomic E-state index is 0.131. The summed E-state index contributed by atoms with van der Waals surface area (Å²) in [6.45, 7) is 5.86. The number of rotatable bonds is 7. The first-order chi connectivity index (χ1) is 6.81. The Morgan fingerprint density at radius 1 is 1.40 bits per heavy atom. The standard InChI is InChI=1S/C11H23NO3/c1-4-11(12,10(14)15)7-9(13)6-5-8(2)3/h8-9,13H,4-7,12H2,1-3H3,(H,14,15). The maximum absolute atomic E-state index is 10.9. The van der Waals surface area contributed by atoms with Crippen LogP contribution >= 0.6 is 0 Å². The molecule has 2 atom stereocenters. The van der Waals surface area contributed by atoms with Gasteiger partial charge in [0.05, 0.1) is 6.10 Å². The van der Waals surface area contributed by atoms with Gasteiger partial charge in [-0.1, -0.05) is 20.8 Å². The highest BCUT2D eigenvalue weighted by molar-refractivity contribution is 5.78. The first kappa shape index (κ1) is 14.4. The number of carboxylic acid groups (broad SMARTS) is 1. The zero-order valence-corrected chi connectivity index (χ0v) is 9.86. The Morgan fingerprint density at radius 3 is 2.27 bits per heavy atom. The van der Waals surface area contributed by atoms with Crippen LogP contribution in [0.15, 0.2) is 0 Å². The van der Waals surface area contributed by atoms with E-state index in [1.165, 1.54) is 0 Å². The van der Waals surface area contributed by atoms with Gasteiger partial charge in [0.2, 0.25) is 0 Å². The van der Waals surface area contributed by atoms with Gasteiger partial charge in [-0.3, -0.25) is 4.79 Å². The van der Waals surface area contributed by atoms with Gasteiger partial charge in [0.25, 0.3) is 0 Å². The zero-order valence-electron chi connectivity index (χ0n) is 9.86. The lowest BCUT2D eigenvalue weighted by molar-refractivity contribution is -0.144. The minimum Gasteiger partial charge on any atom is -0.480 e. The monoisotopic (exact) mass is 217 g/mol. The van der Waals surface area contributed by atoms with Crippen LogP contribution < -0.4 is 5.73 Å². The van der Waals surface area contributed by atoms with Crippen molar-refractivity contribution < 1.29 is 15.0 Å². The third-order valence-corrected chi connectivity index (χ3v) is 2.73. The molecule has 0 amide bonds. The molecule has 0 radical (unpaired) electrons. The third kappa shape index (κ3) is 5.14. The van der Waals surface area contributed by atoms with Gasteiger partial charge >= 0.3 is 5.97 Å². The van der Waals surface area contributed by atoms with E-state index in [0.29, 0.717) is 18.8 Å². The molecule has 0 aliphatic heterocycles. The summed E-state index contributed by atoms with van der Waals surface area (Å²) in [5, 5.41) is 18.6. The summed E-state index contributed by atoms with van der Waals surface area (Å²) in [6, 6.07) is 0. The molecule has 2 unspecified atom stereocenters.